The molecule has 0 radical (unpaired) electrons. The summed E-state index contributed by atoms with van der Waals surface area (Å²) in [6.07, 6.45) is 1.07. The summed E-state index contributed by atoms with van der Waals surface area (Å²) in [7, 11) is 0. The molecule has 0 saturated carbocycles. The molecule has 5 nitrogen and oxygen atoms in total. The molecule has 1 aromatic carbocycles. The smallest absolute Gasteiger partial charge is 0.328 e. The van der Waals surface area contributed by atoms with Crippen LogP contribution in [0.4, 0.5) is 10.5 Å². The van der Waals surface area contributed by atoms with Gasteiger partial charge in [0.1, 0.15) is 0 Å². The van der Waals surface area contributed by atoms with E-state index in [-0.39, 0.29) is 11.9 Å². The van der Waals surface area contributed by atoms with Gasteiger partial charge in [0.15, 0.2) is 0 Å². The lowest BCUT2D eigenvalue weighted by Gasteiger charge is -2.18. The van der Waals surface area contributed by atoms with E-state index in [0.717, 1.165) is 5.56 Å². The van der Waals surface area contributed by atoms with Gasteiger partial charge in [0.2, 0.25) is 5.91 Å². The van der Waals surface area contributed by atoms with Crippen molar-refractivity contribution in [2.45, 2.75) is 19.4 Å². The number of carbonyl (C=O) groups is 2. The molecule has 17 heavy (non-hydrogen) atoms. The molecule has 3 N–H and O–H groups in total. The van der Waals surface area contributed by atoms with Crippen molar-refractivity contribution in [2.75, 3.05) is 11.4 Å². The van der Waals surface area contributed by atoms with Crippen molar-refractivity contribution in [3.8, 4) is 0 Å². The molecule has 1 fully saturated rings. The zero-order valence-corrected chi connectivity index (χ0v) is 9.48. The van der Waals surface area contributed by atoms with Crippen LogP contribution in [0.15, 0.2) is 24.3 Å². The predicted molar refractivity (Wildman–Crippen MR) is 64.5 cm³/mol. The summed E-state index contributed by atoms with van der Waals surface area (Å²) < 4.78 is 0. The van der Waals surface area contributed by atoms with Crippen LogP contribution >= 0.6 is 0 Å². The number of carbonyl (C=O) groups excluding carboxylic acids is 2. The topological polar surface area (TPSA) is 75.4 Å². The lowest BCUT2D eigenvalue weighted by Crippen LogP contribution is -2.41. The molecule has 0 aromatic heterocycles. The van der Waals surface area contributed by atoms with Crippen molar-refractivity contribution in [3.63, 3.8) is 0 Å². The van der Waals surface area contributed by atoms with Crippen molar-refractivity contribution < 1.29 is 9.59 Å². The zero-order chi connectivity index (χ0) is 12.3. The molecule has 2 rings (SSSR count). The third-order valence-electron chi connectivity index (χ3n) is 2.73. The van der Waals surface area contributed by atoms with Crippen molar-refractivity contribution in [3.05, 3.63) is 29.8 Å². The number of hydrogen-bond acceptors (Lipinski definition) is 3. The average molecular weight is 233 g/mol. The fraction of sp³-hybridized carbons (Fsp3) is 0.333. The van der Waals surface area contributed by atoms with E-state index in [9.17, 15) is 9.59 Å². The monoisotopic (exact) mass is 233 g/mol. The van der Waals surface area contributed by atoms with Gasteiger partial charge < -0.3 is 11.1 Å². The third-order valence-corrected chi connectivity index (χ3v) is 2.73. The molecule has 5 heteroatoms. The number of benzene rings is 1. The van der Waals surface area contributed by atoms with E-state index in [1.807, 2.05) is 12.1 Å². The first-order valence-electron chi connectivity index (χ1n) is 5.62. The SMILES string of the molecule is NCc1ccc(N2C(=O)CCCNC2=O)cc1. The Balaban J connectivity index is 2.28. The van der Waals surface area contributed by atoms with Gasteiger partial charge in [-0.3, -0.25) is 4.79 Å². The van der Waals surface area contributed by atoms with E-state index in [1.54, 1.807) is 12.1 Å². The number of anilines is 1. The van der Waals surface area contributed by atoms with Crippen LogP contribution in [-0.2, 0) is 11.3 Å². The van der Waals surface area contributed by atoms with Crippen LogP contribution in [0.3, 0.4) is 0 Å². The molecule has 1 aliphatic rings. The second-order valence-electron chi connectivity index (χ2n) is 3.94. The standard InChI is InChI=1S/C12H15N3O2/c13-8-9-3-5-10(6-4-9)15-11(16)2-1-7-14-12(15)17/h3-6H,1-2,7-8,13H2,(H,14,17). The summed E-state index contributed by atoms with van der Waals surface area (Å²) in [5.41, 5.74) is 7.06. The first-order valence-corrected chi connectivity index (χ1v) is 5.62. The average Bonchev–Trinajstić information content (AvgIpc) is 2.51. The molecule has 90 valence electrons. The lowest BCUT2D eigenvalue weighted by molar-refractivity contribution is -0.117. The number of nitrogens with zero attached hydrogens (tertiary/aromatic N) is 1. The molecular weight excluding hydrogens is 218 g/mol. The first kappa shape index (κ1) is 11.6. The molecule has 0 bridgehead atoms. The number of nitrogens with one attached hydrogen (secondary N) is 1. The predicted octanol–water partition coefficient (Wildman–Crippen LogP) is 0.982. The van der Waals surface area contributed by atoms with Crippen LogP contribution in [0.2, 0.25) is 0 Å². The number of urea groups is 1. The fourth-order valence-electron chi connectivity index (χ4n) is 1.78. The van der Waals surface area contributed by atoms with Gasteiger partial charge in [-0.1, -0.05) is 12.1 Å². The normalized spacial score (nSPS) is 16.6. The molecule has 1 aromatic rings. The van der Waals surface area contributed by atoms with Crippen molar-refractivity contribution in [2.24, 2.45) is 5.73 Å². The number of nitrogens with two attached hydrogens (primary N) is 1. The fourth-order valence-corrected chi connectivity index (χ4v) is 1.78. The third kappa shape index (κ3) is 2.45. The molecule has 1 aliphatic heterocycles. The van der Waals surface area contributed by atoms with Crippen LogP contribution in [0.5, 0.6) is 0 Å². The number of amides is 3. The summed E-state index contributed by atoms with van der Waals surface area (Å²) >= 11 is 0. The highest BCUT2D eigenvalue weighted by Gasteiger charge is 2.25. The van der Waals surface area contributed by atoms with Crippen LogP contribution in [0, 0.1) is 0 Å². The van der Waals surface area contributed by atoms with Crippen molar-refractivity contribution >= 4 is 17.6 Å². The molecule has 0 atom stereocenters. The van der Waals surface area contributed by atoms with E-state index in [1.165, 1.54) is 4.90 Å². The summed E-state index contributed by atoms with van der Waals surface area (Å²) in [6.45, 7) is 0.988. The molecule has 1 heterocycles. The molecule has 3 amide bonds. The van der Waals surface area contributed by atoms with Crippen molar-refractivity contribution in [1.29, 1.82) is 0 Å². The van der Waals surface area contributed by atoms with E-state index in [4.69, 9.17) is 5.73 Å². The summed E-state index contributed by atoms with van der Waals surface area (Å²) in [6, 6.07) is 6.77. The minimum Gasteiger partial charge on any atom is -0.337 e. The lowest BCUT2D eigenvalue weighted by atomic mass is 10.2. The van der Waals surface area contributed by atoms with E-state index in [2.05, 4.69) is 5.32 Å². The summed E-state index contributed by atoms with van der Waals surface area (Å²) in [5.74, 6) is -0.166. The summed E-state index contributed by atoms with van der Waals surface area (Å²) in [5, 5.41) is 2.69. The van der Waals surface area contributed by atoms with Gasteiger partial charge in [-0.15, -0.1) is 0 Å². The second-order valence-corrected chi connectivity index (χ2v) is 3.94. The minimum atomic E-state index is -0.354. The van der Waals surface area contributed by atoms with Gasteiger partial charge in [0.25, 0.3) is 0 Å². The Labute approximate surface area is 99.6 Å². The van der Waals surface area contributed by atoms with Gasteiger partial charge in [0.05, 0.1) is 5.69 Å². The van der Waals surface area contributed by atoms with Crippen LogP contribution < -0.4 is 16.0 Å². The molecular formula is C12H15N3O2. The maximum absolute atomic E-state index is 11.8. The maximum Gasteiger partial charge on any atom is 0.328 e. The van der Waals surface area contributed by atoms with Gasteiger partial charge >= 0.3 is 6.03 Å². The Kier molecular flexibility index (Phi) is 3.39. The van der Waals surface area contributed by atoms with Gasteiger partial charge in [-0.05, 0) is 24.1 Å². The largest absolute Gasteiger partial charge is 0.337 e. The first-order chi connectivity index (χ1) is 8.22. The Hall–Kier alpha value is -1.88. The highest BCUT2D eigenvalue weighted by molar-refractivity contribution is 6.14. The minimum absolute atomic E-state index is 0.166. The van der Waals surface area contributed by atoms with Gasteiger partial charge in [-0.25, -0.2) is 9.69 Å². The molecule has 0 aliphatic carbocycles. The molecule has 0 spiro atoms. The Morgan fingerprint density at radius 3 is 2.59 bits per heavy atom. The number of rotatable bonds is 2. The molecule has 1 saturated heterocycles. The van der Waals surface area contributed by atoms with Crippen LogP contribution in [0.1, 0.15) is 18.4 Å². The van der Waals surface area contributed by atoms with Gasteiger partial charge in [-0.2, -0.15) is 0 Å². The quantitative estimate of drug-likeness (QED) is 0.799. The Morgan fingerprint density at radius 1 is 1.24 bits per heavy atom. The number of hydrogen-bond donors (Lipinski definition) is 2. The van der Waals surface area contributed by atoms with Crippen LogP contribution in [-0.4, -0.2) is 18.5 Å². The highest BCUT2D eigenvalue weighted by Crippen LogP contribution is 2.18. The van der Waals surface area contributed by atoms with Crippen LogP contribution in [0.25, 0.3) is 0 Å². The van der Waals surface area contributed by atoms with E-state index in [0.29, 0.717) is 31.6 Å². The van der Waals surface area contributed by atoms with Gasteiger partial charge in [0, 0.05) is 19.5 Å². The maximum atomic E-state index is 11.8. The van der Waals surface area contributed by atoms with Crippen molar-refractivity contribution in [1.82, 2.24) is 5.32 Å². The second kappa shape index (κ2) is 4.97. The summed E-state index contributed by atoms with van der Waals surface area (Å²) in [4.78, 5) is 24.8. The van der Waals surface area contributed by atoms with E-state index < -0.39 is 0 Å². The molecule has 0 unspecified atom stereocenters. The number of imide groups is 1. The Bertz CT molecular complexity index is 410. The van der Waals surface area contributed by atoms with E-state index >= 15 is 0 Å². The highest BCUT2D eigenvalue weighted by atomic mass is 16.2. The Morgan fingerprint density at radius 2 is 1.94 bits per heavy atom. The zero-order valence-electron chi connectivity index (χ0n) is 9.48.